The summed E-state index contributed by atoms with van der Waals surface area (Å²) in [4.78, 5) is 77.0. The molecule has 14 nitrogen and oxygen atoms in total. The van der Waals surface area contributed by atoms with E-state index in [0.29, 0.717) is 24.2 Å². The summed E-state index contributed by atoms with van der Waals surface area (Å²) in [5, 5.41) is 8.40. The van der Waals surface area contributed by atoms with Gasteiger partial charge in [0.05, 0.1) is 31.6 Å². The topological polar surface area (TPSA) is 175 Å². The first-order valence-corrected chi connectivity index (χ1v) is 20.0. The average molecular weight is 790 g/mol. The number of H-pyrrole nitrogens is 1. The van der Waals surface area contributed by atoms with Crippen LogP contribution < -0.4 is 16.0 Å². The number of aryl methyl sites for hydroxylation is 2. The lowest BCUT2D eigenvalue weighted by Crippen LogP contribution is -2.51. The van der Waals surface area contributed by atoms with E-state index in [2.05, 4.69) is 39.1 Å². The third-order valence-electron chi connectivity index (χ3n) is 11.5. The Hall–Kier alpha value is -6.18. The molecule has 4 N–H and O–H groups in total. The minimum absolute atomic E-state index is 0.113. The lowest BCUT2D eigenvalue weighted by Gasteiger charge is -2.30. The molecule has 1 aliphatic carbocycles. The van der Waals surface area contributed by atoms with Crippen molar-refractivity contribution in [2.75, 3.05) is 33.9 Å². The van der Waals surface area contributed by atoms with Gasteiger partial charge in [-0.2, -0.15) is 0 Å². The van der Waals surface area contributed by atoms with E-state index in [4.69, 9.17) is 14.5 Å². The highest BCUT2D eigenvalue weighted by Crippen LogP contribution is 2.38. The van der Waals surface area contributed by atoms with Crippen molar-refractivity contribution >= 4 is 29.9 Å². The molecule has 7 rings (SSSR count). The van der Waals surface area contributed by atoms with E-state index >= 15 is 0 Å². The van der Waals surface area contributed by atoms with Gasteiger partial charge in [-0.25, -0.2) is 14.6 Å². The van der Waals surface area contributed by atoms with Gasteiger partial charge in [0.1, 0.15) is 17.9 Å². The summed E-state index contributed by atoms with van der Waals surface area (Å²) >= 11 is 0. The number of rotatable bonds is 11. The minimum atomic E-state index is -0.901. The number of aromatic nitrogens is 2. The average Bonchev–Trinajstić information content (AvgIpc) is 4.03. The largest absolute Gasteiger partial charge is 0.453 e. The van der Waals surface area contributed by atoms with Crippen molar-refractivity contribution in [3.05, 3.63) is 101 Å². The van der Waals surface area contributed by atoms with Gasteiger partial charge in [-0.05, 0) is 78.8 Å². The number of likely N-dealkylation sites (tertiary alicyclic amines) is 2. The first-order chi connectivity index (χ1) is 28.1. The van der Waals surface area contributed by atoms with Crippen molar-refractivity contribution < 1.29 is 33.4 Å². The SMILES string of the molecule is COC(=O)N[C@H](C(=O)N1CCC[C@H]1c1nc2c([nH]1)-c1ccc(-c3ccc(C(=O)NC[C@@H]4CCCN4C(=O)[C@H](NC(=O)OC)c4ccccc4)cc3)cc1CC2)C(C)C. The number of alkyl carbamates (subject to hydrolysis) is 2. The van der Waals surface area contributed by atoms with Crippen LogP contribution in [0.4, 0.5) is 9.59 Å². The van der Waals surface area contributed by atoms with Gasteiger partial charge in [0, 0.05) is 36.8 Å². The van der Waals surface area contributed by atoms with Crippen LogP contribution in [0.15, 0.2) is 72.8 Å². The number of carbonyl (C=O) groups excluding carboxylic acids is 5. The Morgan fingerprint density at radius 1 is 0.810 bits per heavy atom. The Labute approximate surface area is 338 Å². The molecule has 2 fully saturated rings. The van der Waals surface area contributed by atoms with Crippen molar-refractivity contribution in [3.8, 4) is 22.4 Å². The molecule has 0 spiro atoms. The zero-order valence-electron chi connectivity index (χ0n) is 33.4. The fourth-order valence-corrected chi connectivity index (χ4v) is 8.40. The molecule has 1 aromatic heterocycles. The molecule has 304 valence electrons. The van der Waals surface area contributed by atoms with Gasteiger partial charge in [0.15, 0.2) is 0 Å². The maximum atomic E-state index is 13.7. The Morgan fingerprint density at radius 2 is 1.50 bits per heavy atom. The Kier molecular flexibility index (Phi) is 12.1. The van der Waals surface area contributed by atoms with Crippen LogP contribution in [-0.2, 0) is 31.9 Å². The van der Waals surface area contributed by atoms with Crippen molar-refractivity contribution in [2.24, 2.45) is 5.92 Å². The number of benzene rings is 3. The Balaban J connectivity index is 0.994. The van der Waals surface area contributed by atoms with Crippen LogP contribution in [0.25, 0.3) is 22.4 Å². The molecule has 3 aliphatic rings. The fourth-order valence-electron chi connectivity index (χ4n) is 8.40. The molecule has 0 bridgehead atoms. The molecule has 0 radical (unpaired) electrons. The zero-order chi connectivity index (χ0) is 40.9. The number of nitrogens with zero attached hydrogens (tertiary/aromatic N) is 3. The van der Waals surface area contributed by atoms with E-state index in [1.807, 2.05) is 61.2 Å². The number of hydrogen-bond donors (Lipinski definition) is 4. The predicted molar refractivity (Wildman–Crippen MR) is 217 cm³/mol. The van der Waals surface area contributed by atoms with E-state index in [0.717, 1.165) is 72.4 Å². The fraction of sp³-hybridized carbons (Fsp3) is 0.409. The van der Waals surface area contributed by atoms with Crippen molar-refractivity contribution in [1.29, 1.82) is 0 Å². The number of imidazole rings is 1. The molecule has 5 amide bonds. The van der Waals surface area contributed by atoms with Crippen LogP contribution in [0.3, 0.4) is 0 Å². The third kappa shape index (κ3) is 8.41. The molecule has 3 aromatic carbocycles. The van der Waals surface area contributed by atoms with Crippen LogP contribution in [0.1, 0.15) is 84.6 Å². The normalized spacial score (nSPS) is 18.2. The summed E-state index contributed by atoms with van der Waals surface area (Å²) in [6, 6.07) is 20.9. The van der Waals surface area contributed by atoms with Gasteiger partial charge in [0.2, 0.25) is 11.8 Å². The highest BCUT2D eigenvalue weighted by atomic mass is 16.5. The molecule has 2 saturated heterocycles. The Morgan fingerprint density at radius 3 is 2.22 bits per heavy atom. The van der Waals surface area contributed by atoms with E-state index in [1.54, 1.807) is 17.0 Å². The monoisotopic (exact) mass is 789 g/mol. The summed E-state index contributed by atoms with van der Waals surface area (Å²) < 4.78 is 9.57. The summed E-state index contributed by atoms with van der Waals surface area (Å²) in [5.41, 5.74) is 7.41. The highest BCUT2D eigenvalue weighted by Gasteiger charge is 2.39. The lowest BCUT2D eigenvalue weighted by atomic mass is 9.89. The molecule has 14 heteroatoms. The van der Waals surface area contributed by atoms with Gasteiger partial charge in [-0.1, -0.05) is 74.5 Å². The lowest BCUT2D eigenvalue weighted by molar-refractivity contribution is -0.135. The molecular weight excluding hydrogens is 739 g/mol. The van der Waals surface area contributed by atoms with Gasteiger partial charge in [-0.3, -0.25) is 14.4 Å². The van der Waals surface area contributed by atoms with Crippen molar-refractivity contribution in [2.45, 2.75) is 76.5 Å². The maximum Gasteiger partial charge on any atom is 0.407 e. The van der Waals surface area contributed by atoms with Gasteiger partial charge in [0.25, 0.3) is 5.91 Å². The second-order valence-electron chi connectivity index (χ2n) is 15.5. The smallest absolute Gasteiger partial charge is 0.407 e. The van der Waals surface area contributed by atoms with Gasteiger partial charge < -0.3 is 40.2 Å². The van der Waals surface area contributed by atoms with E-state index in [1.165, 1.54) is 19.8 Å². The quantitative estimate of drug-likeness (QED) is 0.150. The first kappa shape index (κ1) is 40.0. The molecule has 4 atom stereocenters. The van der Waals surface area contributed by atoms with E-state index in [-0.39, 0.29) is 42.3 Å². The molecule has 0 saturated carbocycles. The summed E-state index contributed by atoms with van der Waals surface area (Å²) in [6.45, 7) is 5.21. The molecule has 2 aliphatic heterocycles. The summed E-state index contributed by atoms with van der Waals surface area (Å²) in [6.07, 6.45) is 3.42. The minimum Gasteiger partial charge on any atom is -0.453 e. The summed E-state index contributed by atoms with van der Waals surface area (Å²) in [5.74, 6) is 0.0414. The molecular formula is C44H51N7O7. The maximum absolute atomic E-state index is 13.7. The number of fused-ring (bicyclic) bond motifs is 3. The van der Waals surface area contributed by atoms with Crippen molar-refractivity contribution in [1.82, 2.24) is 35.7 Å². The number of ether oxygens (including phenoxy) is 2. The number of nitrogens with one attached hydrogen (secondary N) is 4. The van der Waals surface area contributed by atoms with Gasteiger partial charge >= 0.3 is 12.2 Å². The number of aromatic amines is 1. The zero-order valence-corrected chi connectivity index (χ0v) is 33.4. The molecule has 58 heavy (non-hydrogen) atoms. The molecule has 0 unspecified atom stereocenters. The Bertz CT molecular complexity index is 2150. The summed E-state index contributed by atoms with van der Waals surface area (Å²) in [7, 11) is 2.55. The van der Waals surface area contributed by atoms with Crippen LogP contribution in [-0.4, -0.2) is 95.6 Å². The second kappa shape index (κ2) is 17.5. The number of methoxy groups -OCH3 is 2. The van der Waals surface area contributed by atoms with E-state index in [9.17, 15) is 24.0 Å². The third-order valence-corrected chi connectivity index (χ3v) is 11.5. The standard InChI is InChI=1S/C44H51N7O7/c1-26(2)36(48-43(55)57-3)41(53)51-23-9-13-35(51)39-46-34-21-19-31-24-30(18-20-33(31)38(34)47-39)27-14-16-29(17-15-27)40(52)45-25-32-12-8-22-50(32)42(54)37(49-44(56)58-4)28-10-6-5-7-11-28/h5-7,10-11,14-18,20,24,26,32,35-37H,8-9,12-13,19,21-23,25H2,1-4H3,(H,45,52)(H,46,47)(H,48,55)(H,49,56)/t32-,35-,36-,37+/m0/s1. The molecule has 3 heterocycles. The predicted octanol–water partition coefficient (Wildman–Crippen LogP) is 5.70. The first-order valence-electron chi connectivity index (χ1n) is 20.0. The van der Waals surface area contributed by atoms with Crippen molar-refractivity contribution in [3.63, 3.8) is 0 Å². The van der Waals surface area contributed by atoms with Crippen LogP contribution >= 0.6 is 0 Å². The van der Waals surface area contributed by atoms with E-state index < -0.39 is 24.3 Å². The number of carbonyl (C=O) groups is 5. The highest BCUT2D eigenvalue weighted by molar-refractivity contribution is 5.95. The van der Waals surface area contributed by atoms with Crippen LogP contribution in [0.5, 0.6) is 0 Å². The number of hydrogen-bond acceptors (Lipinski definition) is 8. The van der Waals surface area contributed by atoms with Crippen LogP contribution in [0, 0.1) is 5.92 Å². The second-order valence-corrected chi connectivity index (χ2v) is 15.5. The van der Waals surface area contributed by atoms with Crippen LogP contribution in [0.2, 0.25) is 0 Å². The molecule has 4 aromatic rings. The van der Waals surface area contributed by atoms with Gasteiger partial charge in [-0.15, -0.1) is 0 Å². The number of amides is 5.